The lowest BCUT2D eigenvalue weighted by Crippen LogP contribution is -2.44. The highest BCUT2D eigenvalue weighted by atomic mass is 35.5. The number of ketones is 1. The van der Waals surface area contributed by atoms with E-state index in [0.717, 1.165) is 11.1 Å². The van der Waals surface area contributed by atoms with Gasteiger partial charge in [-0.3, -0.25) is 19.5 Å². The molecule has 2 atom stereocenters. The van der Waals surface area contributed by atoms with Gasteiger partial charge in [-0.1, -0.05) is 29.3 Å². The second-order valence-electron chi connectivity index (χ2n) is 10.3. The molecule has 13 heteroatoms. The summed E-state index contributed by atoms with van der Waals surface area (Å²) in [7, 11) is 0. The summed E-state index contributed by atoms with van der Waals surface area (Å²) in [6.07, 6.45) is 4.71. The summed E-state index contributed by atoms with van der Waals surface area (Å²) in [5, 5.41) is 18.8. The Bertz CT molecular complexity index is 1870. The number of aromatic amines is 1. The van der Waals surface area contributed by atoms with Crippen molar-refractivity contribution in [2.45, 2.75) is 32.1 Å². The minimum Gasteiger partial charge on any atom is -0.337 e. The fourth-order valence-corrected chi connectivity index (χ4v) is 5.89. The van der Waals surface area contributed by atoms with Gasteiger partial charge in [0.05, 0.1) is 41.5 Å². The summed E-state index contributed by atoms with van der Waals surface area (Å²) in [5.41, 5.74) is 4.10. The van der Waals surface area contributed by atoms with Gasteiger partial charge in [0.1, 0.15) is 18.8 Å². The molecule has 0 spiro atoms. The van der Waals surface area contributed by atoms with E-state index >= 15 is 0 Å². The molecule has 10 nitrogen and oxygen atoms in total. The fourth-order valence-electron chi connectivity index (χ4n) is 5.39. The zero-order valence-electron chi connectivity index (χ0n) is 22.7. The van der Waals surface area contributed by atoms with Crippen LogP contribution in [0.4, 0.5) is 10.1 Å². The number of alkyl halides is 1. The highest BCUT2D eigenvalue weighted by Gasteiger charge is 2.40. The Morgan fingerprint density at radius 3 is 2.65 bits per heavy atom. The standard InChI is InChI=1S/C30H24Cl2FN7O3/c1-16(41)23-14-39(26-5-2-17(8-22(23)26)18-6-7-34-35-11-18)15-28(42)40-13-20(33)10-27(40)30(43)37-25-12-36-38-29(25)21-4-3-19(31)9-24(21)32/h2-9,11-12,14,20,27H,10,13,15H2,1H3,(H,36,38)(H,37,43)/t20-,27+/m1/s1. The largest absolute Gasteiger partial charge is 0.337 e. The molecule has 4 heterocycles. The third kappa shape index (κ3) is 5.61. The van der Waals surface area contributed by atoms with Crippen LogP contribution in [0, 0.1) is 0 Å². The molecule has 1 aliphatic heterocycles. The molecular weight excluding hydrogens is 596 g/mol. The van der Waals surface area contributed by atoms with Crippen molar-refractivity contribution in [3.05, 3.63) is 82.9 Å². The number of hydrogen-bond donors (Lipinski definition) is 2. The average Bonchev–Trinajstić information content (AvgIpc) is 3.70. The summed E-state index contributed by atoms with van der Waals surface area (Å²) in [6.45, 7) is 1.04. The van der Waals surface area contributed by atoms with E-state index in [1.165, 1.54) is 18.0 Å². The zero-order chi connectivity index (χ0) is 30.2. The molecule has 1 fully saturated rings. The summed E-state index contributed by atoms with van der Waals surface area (Å²) in [4.78, 5) is 40.7. The number of amides is 2. The average molecular weight is 620 g/mol. The van der Waals surface area contributed by atoms with E-state index in [1.807, 2.05) is 24.3 Å². The first kappa shape index (κ1) is 28.5. The molecular formula is C30H24Cl2FN7O3. The van der Waals surface area contributed by atoms with Crippen LogP contribution in [0.3, 0.4) is 0 Å². The zero-order valence-corrected chi connectivity index (χ0v) is 24.2. The number of carbonyl (C=O) groups excluding carboxylic acids is 3. The van der Waals surface area contributed by atoms with Gasteiger partial charge in [-0.25, -0.2) is 4.39 Å². The Balaban J connectivity index is 1.24. The Kier molecular flexibility index (Phi) is 7.68. The summed E-state index contributed by atoms with van der Waals surface area (Å²) < 4.78 is 16.3. The van der Waals surface area contributed by atoms with E-state index in [-0.39, 0.29) is 25.3 Å². The summed E-state index contributed by atoms with van der Waals surface area (Å²) in [6, 6.07) is 11.2. The molecule has 5 aromatic rings. The van der Waals surface area contributed by atoms with E-state index in [4.69, 9.17) is 23.2 Å². The molecule has 0 aliphatic carbocycles. The second-order valence-corrected chi connectivity index (χ2v) is 11.1. The van der Waals surface area contributed by atoms with Gasteiger partial charge in [-0.05, 0) is 48.9 Å². The Morgan fingerprint density at radius 1 is 1.07 bits per heavy atom. The van der Waals surface area contributed by atoms with E-state index in [0.29, 0.717) is 43.5 Å². The smallest absolute Gasteiger partial charge is 0.247 e. The predicted octanol–water partition coefficient (Wildman–Crippen LogP) is 5.58. The molecule has 1 aliphatic rings. The number of carbonyl (C=O) groups is 3. The number of anilines is 1. The van der Waals surface area contributed by atoms with Crippen molar-refractivity contribution < 1.29 is 18.8 Å². The number of fused-ring (bicyclic) bond motifs is 1. The number of H-pyrrole nitrogens is 1. The number of benzene rings is 2. The Morgan fingerprint density at radius 2 is 1.91 bits per heavy atom. The number of rotatable bonds is 7. The van der Waals surface area contributed by atoms with Gasteiger partial charge in [-0.15, -0.1) is 0 Å². The van der Waals surface area contributed by atoms with Crippen molar-refractivity contribution in [1.29, 1.82) is 0 Å². The van der Waals surface area contributed by atoms with Crippen LogP contribution in [-0.2, 0) is 16.1 Å². The Hall–Kier alpha value is -4.61. The van der Waals surface area contributed by atoms with Gasteiger partial charge >= 0.3 is 0 Å². The molecule has 0 unspecified atom stereocenters. The maximum atomic E-state index is 14.7. The number of halogens is 3. The highest BCUT2D eigenvalue weighted by Crippen LogP contribution is 2.34. The van der Waals surface area contributed by atoms with Crippen molar-refractivity contribution >= 4 is 57.4 Å². The van der Waals surface area contributed by atoms with Crippen LogP contribution >= 0.6 is 23.2 Å². The van der Waals surface area contributed by atoms with Crippen molar-refractivity contribution in [1.82, 2.24) is 29.9 Å². The van der Waals surface area contributed by atoms with Crippen molar-refractivity contribution in [3.8, 4) is 22.4 Å². The lowest BCUT2D eigenvalue weighted by atomic mass is 10.0. The molecule has 218 valence electrons. The third-order valence-electron chi connectivity index (χ3n) is 7.45. The SMILES string of the molecule is CC(=O)c1cn(CC(=O)N2C[C@H](F)C[C@H]2C(=O)Nc2cn[nH]c2-c2ccc(Cl)cc2Cl)c2ccc(-c3ccnnc3)cc12. The molecule has 2 N–H and O–H groups in total. The number of hydrogen-bond acceptors (Lipinski definition) is 6. The number of likely N-dealkylation sites (tertiary alicyclic amines) is 1. The minimum absolute atomic E-state index is 0.152. The lowest BCUT2D eigenvalue weighted by molar-refractivity contribution is -0.137. The maximum absolute atomic E-state index is 14.7. The predicted molar refractivity (Wildman–Crippen MR) is 161 cm³/mol. The van der Waals surface area contributed by atoms with Crippen LogP contribution in [-0.4, -0.2) is 66.2 Å². The highest BCUT2D eigenvalue weighted by molar-refractivity contribution is 6.36. The molecule has 0 radical (unpaired) electrons. The topological polar surface area (TPSA) is 126 Å². The molecule has 6 rings (SSSR count). The van der Waals surface area contributed by atoms with E-state index < -0.39 is 24.0 Å². The van der Waals surface area contributed by atoms with Gasteiger partial charge in [0.2, 0.25) is 11.8 Å². The third-order valence-corrected chi connectivity index (χ3v) is 8.00. The van der Waals surface area contributed by atoms with Crippen LogP contribution in [0.5, 0.6) is 0 Å². The summed E-state index contributed by atoms with van der Waals surface area (Å²) >= 11 is 12.4. The number of nitrogens with zero attached hydrogens (tertiary/aromatic N) is 5. The summed E-state index contributed by atoms with van der Waals surface area (Å²) in [5.74, 6) is -1.18. The van der Waals surface area contributed by atoms with E-state index in [9.17, 15) is 18.8 Å². The van der Waals surface area contributed by atoms with Crippen LogP contribution < -0.4 is 5.32 Å². The van der Waals surface area contributed by atoms with E-state index in [2.05, 4.69) is 25.7 Å². The Labute approximate surface area is 254 Å². The van der Waals surface area contributed by atoms with E-state index in [1.54, 1.807) is 41.4 Å². The first-order valence-corrected chi connectivity index (χ1v) is 14.1. The molecule has 0 bridgehead atoms. The molecule has 2 aromatic carbocycles. The molecule has 2 amide bonds. The number of Topliss-reactive ketones (excluding diaryl/α,β-unsaturated/α-hetero) is 1. The second kappa shape index (κ2) is 11.6. The van der Waals surface area contributed by atoms with Crippen LogP contribution in [0.15, 0.2) is 67.3 Å². The fraction of sp³-hybridized carbons (Fsp3) is 0.200. The van der Waals surface area contributed by atoms with Gasteiger partial charge < -0.3 is 14.8 Å². The molecule has 0 saturated carbocycles. The van der Waals surface area contributed by atoms with Crippen molar-refractivity contribution in [3.63, 3.8) is 0 Å². The van der Waals surface area contributed by atoms with Gasteiger partial charge in [0, 0.05) is 45.2 Å². The number of aromatic nitrogens is 5. The van der Waals surface area contributed by atoms with Crippen molar-refractivity contribution in [2.75, 3.05) is 11.9 Å². The normalized spacial score (nSPS) is 16.5. The molecule has 3 aromatic heterocycles. The van der Waals surface area contributed by atoms with Crippen LogP contribution in [0.2, 0.25) is 10.0 Å². The molecule has 1 saturated heterocycles. The number of nitrogens with one attached hydrogen (secondary N) is 2. The lowest BCUT2D eigenvalue weighted by Gasteiger charge is -2.24. The van der Waals surface area contributed by atoms with Gasteiger partial charge in [0.25, 0.3) is 0 Å². The van der Waals surface area contributed by atoms with Gasteiger partial charge in [0.15, 0.2) is 5.78 Å². The minimum atomic E-state index is -1.38. The monoisotopic (exact) mass is 619 g/mol. The van der Waals surface area contributed by atoms with Gasteiger partial charge in [-0.2, -0.15) is 15.3 Å². The quantitative estimate of drug-likeness (QED) is 0.229. The molecule has 43 heavy (non-hydrogen) atoms. The van der Waals surface area contributed by atoms with Crippen molar-refractivity contribution in [2.24, 2.45) is 0 Å². The maximum Gasteiger partial charge on any atom is 0.247 e. The first-order chi connectivity index (χ1) is 20.7. The van der Waals surface area contributed by atoms with Crippen LogP contribution in [0.1, 0.15) is 23.7 Å². The van der Waals surface area contributed by atoms with Crippen LogP contribution in [0.25, 0.3) is 33.3 Å². The first-order valence-electron chi connectivity index (χ1n) is 13.3.